The van der Waals surface area contributed by atoms with Crippen molar-refractivity contribution < 1.29 is 19.4 Å². The molecule has 1 aromatic carbocycles. The zero-order valence-corrected chi connectivity index (χ0v) is 9.41. The van der Waals surface area contributed by atoms with Crippen molar-refractivity contribution in [2.75, 3.05) is 13.2 Å². The van der Waals surface area contributed by atoms with Gasteiger partial charge in [-0.3, -0.25) is 0 Å². The number of hydrogen-bond acceptors (Lipinski definition) is 3. The van der Waals surface area contributed by atoms with E-state index >= 15 is 0 Å². The topological polar surface area (TPSA) is 55.8 Å². The molecule has 1 heterocycles. The summed E-state index contributed by atoms with van der Waals surface area (Å²) in [5.41, 5.74) is 0.134. The molecule has 0 saturated carbocycles. The highest BCUT2D eigenvalue weighted by atomic mass is 79.9. The van der Waals surface area contributed by atoms with Crippen LogP contribution in [0.4, 0.5) is 0 Å². The summed E-state index contributed by atoms with van der Waals surface area (Å²) in [7, 11) is 0. The summed E-state index contributed by atoms with van der Waals surface area (Å²) in [5.74, 6) is -0.217. The van der Waals surface area contributed by atoms with Crippen LogP contribution in [0.15, 0.2) is 16.6 Å². The van der Waals surface area contributed by atoms with Gasteiger partial charge in [-0.05, 0) is 28.1 Å². The molecule has 1 N–H and O–H groups in total. The first kappa shape index (κ1) is 10.3. The number of hydrogen-bond donors (Lipinski definition) is 1. The van der Waals surface area contributed by atoms with E-state index < -0.39 is 5.97 Å². The van der Waals surface area contributed by atoms with E-state index in [-0.39, 0.29) is 5.56 Å². The molecule has 0 spiro atoms. The van der Waals surface area contributed by atoms with E-state index in [1.807, 2.05) is 0 Å². The molecule has 1 aliphatic heterocycles. The van der Waals surface area contributed by atoms with E-state index in [4.69, 9.17) is 14.6 Å². The number of halogens is 1. The second kappa shape index (κ2) is 4.10. The first-order chi connectivity index (χ1) is 7.20. The third-order valence-corrected chi connectivity index (χ3v) is 2.70. The van der Waals surface area contributed by atoms with Crippen molar-refractivity contribution in [3.63, 3.8) is 0 Å². The van der Waals surface area contributed by atoms with Gasteiger partial charge in [0.15, 0.2) is 11.5 Å². The van der Waals surface area contributed by atoms with E-state index in [1.54, 1.807) is 6.07 Å². The van der Waals surface area contributed by atoms with E-state index in [0.717, 1.165) is 6.42 Å². The Labute approximate surface area is 94.9 Å². The molecular weight excluding hydrogens is 264 g/mol. The number of rotatable bonds is 1. The van der Waals surface area contributed by atoms with Gasteiger partial charge < -0.3 is 14.6 Å². The molecule has 0 atom stereocenters. The molecule has 15 heavy (non-hydrogen) atoms. The van der Waals surface area contributed by atoms with Crippen LogP contribution in [0.3, 0.4) is 0 Å². The Bertz CT molecular complexity index is 403. The average molecular weight is 273 g/mol. The summed E-state index contributed by atoms with van der Waals surface area (Å²) in [6.07, 6.45) is 0.750. The highest BCUT2D eigenvalue weighted by molar-refractivity contribution is 9.10. The van der Waals surface area contributed by atoms with Crippen LogP contribution in [-0.2, 0) is 0 Å². The third kappa shape index (κ3) is 1.92. The van der Waals surface area contributed by atoms with Crippen LogP contribution in [0, 0.1) is 0 Å². The van der Waals surface area contributed by atoms with E-state index in [1.165, 1.54) is 6.07 Å². The van der Waals surface area contributed by atoms with Gasteiger partial charge in [0, 0.05) is 6.42 Å². The Morgan fingerprint density at radius 2 is 1.93 bits per heavy atom. The number of carboxylic acids is 1. The number of benzene rings is 1. The molecule has 4 nitrogen and oxygen atoms in total. The van der Waals surface area contributed by atoms with Crippen LogP contribution in [-0.4, -0.2) is 24.3 Å². The van der Waals surface area contributed by atoms with Crippen LogP contribution in [0.1, 0.15) is 16.8 Å². The van der Waals surface area contributed by atoms with E-state index in [2.05, 4.69) is 15.9 Å². The molecule has 2 rings (SSSR count). The molecule has 1 aromatic rings. The Kier molecular flexibility index (Phi) is 2.81. The van der Waals surface area contributed by atoms with Crippen molar-refractivity contribution in [1.29, 1.82) is 0 Å². The van der Waals surface area contributed by atoms with Crippen LogP contribution in [0.25, 0.3) is 0 Å². The van der Waals surface area contributed by atoms with Gasteiger partial charge in [-0.1, -0.05) is 0 Å². The SMILES string of the molecule is O=C(O)c1ccc(Br)c2c1OCCCO2. The highest BCUT2D eigenvalue weighted by Gasteiger charge is 2.21. The Hall–Kier alpha value is -1.23. The monoisotopic (exact) mass is 272 g/mol. The minimum atomic E-state index is -1.01. The fraction of sp³-hybridized carbons (Fsp3) is 0.300. The first-order valence-corrected chi connectivity index (χ1v) is 5.31. The standard InChI is InChI=1S/C10H9BrO4/c11-7-3-2-6(10(12)13)8-9(7)15-5-1-4-14-8/h2-3H,1,4-5H2,(H,12,13). The molecule has 80 valence electrons. The number of carboxylic acid groups (broad SMARTS) is 1. The number of aromatic carboxylic acids is 1. The Morgan fingerprint density at radius 3 is 2.60 bits per heavy atom. The first-order valence-electron chi connectivity index (χ1n) is 4.51. The average Bonchev–Trinajstić information content (AvgIpc) is 2.43. The molecule has 0 aromatic heterocycles. The van der Waals surface area contributed by atoms with Gasteiger partial charge in [0.25, 0.3) is 0 Å². The molecular formula is C10H9BrO4. The number of ether oxygens (including phenoxy) is 2. The predicted molar refractivity (Wildman–Crippen MR) is 56.7 cm³/mol. The van der Waals surface area contributed by atoms with E-state index in [0.29, 0.717) is 29.2 Å². The molecule has 0 radical (unpaired) electrons. The summed E-state index contributed by atoms with van der Waals surface area (Å²) < 4.78 is 11.5. The molecule has 0 amide bonds. The predicted octanol–water partition coefficient (Wildman–Crippen LogP) is 2.31. The lowest BCUT2D eigenvalue weighted by atomic mass is 10.2. The fourth-order valence-corrected chi connectivity index (χ4v) is 1.82. The van der Waals surface area contributed by atoms with Crippen molar-refractivity contribution in [3.8, 4) is 11.5 Å². The molecule has 0 aliphatic carbocycles. The lowest BCUT2D eigenvalue weighted by molar-refractivity contribution is 0.0692. The third-order valence-electron chi connectivity index (χ3n) is 2.08. The lowest BCUT2D eigenvalue weighted by Gasteiger charge is -2.11. The van der Waals surface area contributed by atoms with Gasteiger partial charge in [0.1, 0.15) is 5.56 Å². The molecule has 0 bridgehead atoms. The van der Waals surface area contributed by atoms with Crippen molar-refractivity contribution >= 4 is 21.9 Å². The minimum absolute atomic E-state index is 0.134. The van der Waals surface area contributed by atoms with Crippen molar-refractivity contribution in [3.05, 3.63) is 22.2 Å². The molecule has 0 unspecified atom stereocenters. The molecule has 1 aliphatic rings. The zero-order chi connectivity index (χ0) is 10.8. The number of fused-ring (bicyclic) bond motifs is 1. The summed E-state index contributed by atoms with van der Waals surface area (Å²) in [6.45, 7) is 1.01. The van der Waals surface area contributed by atoms with Gasteiger partial charge in [0.2, 0.25) is 0 Å². The van der Waals surface area contributed by atoms with Gasteiger partial charge >= 0.3 is 5.97 Å². The van der Waals surface area contributed by atoms with Crippen molar-refractivity contribution in [1.82, 2.24) is 0 Å². The second-order valence-corrected chi connectivity index (χ2v) is 3.96. The van der Waals surface area contributed by atoms with Gasteiger partial charge in [0.05, 0.1) is 17.7 Å². The van der Waals surface area contributed by atoms with Crippen LogP contribution in [0.2, 0.25) is 0 Å². The zero-order valence-electron chi connectivity index (χ0n) is 7.83. The summed E-state index contributed by atoms with van der Waals surface area (Å²) >= 11 is 3.30. The Morgan fingerprint density at radius 1 is 1.27 bits per heavy atom. The van der Waals surface area contributed by atoms with Crippen LogP contribution < -0.4 is 9.47 Å². The fourth-order valence-electron chi connectivity index (χ4n) is 1.39. The van der Waals surface area contributed by atoms with Crippen LogP contribution >= 0.6 is 15.9 Å². The van der Waals surface area contributed by atoms with Gasteiger partial charge in [-0.15, -0.1) is 0 Å². The summed E-state index contributed by atoms with van der Waals surface area (Å²) in [4.78, 5) is 10.9. The normalized spacial score (nSPS) is 14.5. The van der Waals surface area contributed by atoms with Gasteiger partial charge in [-0.25, -0.2) is 4.79 Å². The summed E-state index contributed by atoms with van der Waals surface area (Å²) in [5, 5.41) is 8.97. The maximum atomic E-state index is 10.9. The largest absolute Gasteiger partial charge is 0.489 e. The maximum Gasteiger partial charge on any atom is 0.339 e. The molecule has 0 saturated heterocycles. The minimum Gasteiger partial charge on any atom is -0.489 e. The lowest BCUT2D eigenvalue weighted by Crippen LogP contribution is -2.03. The molecule has 0 fully saturated rings. The van der Waals surface area contributed by atoms with E-state index in [9.17, 15) is 4.79 Å². The Balaban J connectivity index is 2.56. The summed E-state index contributed by atoms with van der Waals surface area (Å²) in [6, 6.07) is 3.15. The number of carbonyl (C=O) groups is 1. The molecule has 5 heteroatoms. The van der Waals surface area contributed by atoms with Gasteiger partial charge in [-0.2, -0.15) is 0 Å². The van der Waals surface area contributed by atoms with Crippen molar-refractivity contribution in [2.24, 2.45) is 0 Å². The quantitative estimate of drug-likeness (QED) is 0.853. The maximum absolute atomic E-state index is 10.9. The highest BCUT2D eigenvalue weighted by Crippen LogP contribution is 2.39. The van der Waals surface area contributed by atoms with Crippen molar-refractivity contribution in [2.45, 2.75) is 6.42 Å². The smallest absolute Gasteiger partial charge is 0.339 e. The second-order valence-electron chi connectivity index (χ2n) is 3.11. The van der Waals surface area contributed by atoms with Crippen LogP contribution in [0.5, 0.6) is 11.5 Å².